The number of aromatic nitrogens is 1. The zero-order chi connectivity index (χ0) is 20.7. The van der Waals surface area contributed by atoms with Gasteiger partial charge in [-0.1, -0.05) is 24.3 Å². The lowest BCUT2D eigenvalue weighted by molar-refractivity contribution is 0.0378. The molecule has 3 N–H and O–H groups in total. The number of hydrogen-bond acceptors (Lipinski definition) is 4. The third-order valence-corrected chi connectivity index (χ3v) is 4.52. The van der Waals surface area contributed by atoms with Crippen molar-refractivity contribution in [3.05, 3.63) is 77.9 Å². The Morgan fingerprint density at radius 2 is 1.97 bits per heavy atom. The van der Waals surface area contributed by atoms with E-state index >= 15 is 0 Å². The number of aliphatic imine (C=N–C) groups is 1. The quantitative estimate of drug-likeness (QED) is 0.247. The first kappa shape index (κ1) is 23.9. The van der Waals surface area contributed by atoms with Crippen LogP contribution in [0.4, 0.5) is 0 Å². The Bertz CT molecular complexity index is 955. The number of benzene rings is 1. The molecule has 3 rings (SSSR count). The van der Waals surface area contributed by atoms with Crippen molar-refractivity contribution in [2.45, 2.75) is 32.9 Å². The molecule has 0 aliphatic heterocycles. The van der Waals surface area contributed by atoms with Gasteiger partial charge in [-0.05, 0) is 56.7 Å². The minimum Gasteiger partial charge on any atom is -0.463 e. The normalized spacial score (nSPS) is 13.3. The molecular weight excluding hydrogens is 491 g/mol. The molecule has 0 spiro atoms. The van der Waals surface area contributed by atoms with Crippen molar-refractivity contribution in [2.75, 3.05) is 13.1 Å². The average molecular weight is 520 g/mol. The van der Waals surface area contributed by atoms with Gasteiger partial charge in [0.2, 0.25) is 0 Å². The van der Waals surface area contributed by atoms with E-state index in [1.165, 1.54) is 0 Å². The number of nitrogens with zero attached hydrogens (tertiary/aromatic N) is 2. The zero-order valence-corrected chi connectivity index (χ0v) is 19.9. The summed E-state index contributed by atoms with van der Waals surface area (Å²) in [5.41, 5.74) is 1.95. The molecule has 1 unspecified atom stereocenters. The summed E-state index contributed by atoms with van der Waals surface area (Å²) in [4.78, 5) is 9.06. The topological polar surface area (TPSA) is 82.7 Å². The lowest BCUT2D eigenvalue weighted by atomic mass is 10.0. The molecule has 1 aromatic carbocycles. The van der Waals surface area contributed by atoms with E-state index in [1.54, 1.807) is 19.2 Å². The summed E-state index contributed by atoms with van der Waals surface area (Å²) in [5.74, 6) is 1.94. The van der Waals surface area contributed by atoms with Gasteiger partial charge in [-0.15, -0.1) is 24.0 Å². The van der Waals surface area contributed by atoms with Gasteiger partial charge in [-0.2, -0.15) is 0 Å². The lowest BCUT2D eigenvalue weighted by Crippen LogP contribution is -2.44. The number of halogens is 1. The van der Waals surface area contributed by atoms with Gasteiger partial charge in [0.05, 0.1) is 18.8 Å². The molecule has 0 amide bonds. The molecule has 30 heavy (non-hydrogen) atoms. The standard InChI is InChI=1S/C23H28N4O2.HI/c1-4-24-22(27-16-23(3,28)21-12-11-17(2)29-21)26-15-18-8-7-9-19(14-18)20-10-5-6-13-25-20;/h5-14,28H,4,15-16H2,1-3H3,(H2,24,26,27);1H. The highest BCUT2D eigenvalue weighted by Gasteiger charge is 2.27. The molecule has 0 saturated carbocycles. The molecule has 2 aromatic heterocycles. The van der Waals surface area contributed by atoms with Gasteiger partial charge in [0.15, 0.2) is 5.96 Å². The van der Waals surface area contributed by atoms with Crippen molar-refractivity contribution in [3.8, 4) is 11.3 Å². The van der Waals surface area contributed by atoms with Crippen LogP contribution >= 0.6 is 24.0 Å². The Morgan fingerprint density at radius 3 is 2.63 bits per heavy atom. The summed E-state index contributed by atoms with van der Waals surface area (Å²) < 4.78 is 5.57. The fourth-order valence-electron chi connectivity index (χ4n) is 2.94. The predicted molar refractivity (Wildman–Crippen MR) is 131 cm³/mol. The first-order valence-corrected chi connectivity index (χ1v) is 9.80. The van der Waals surface area contributed by atoms with Crippen LogP contribution in [0.2, 0.25) is 0 Å². The van der Waals surface area contributed by atoms with Crippen LogP contribution in [-0.2, 0) is 12.1 Å². The first-order chi connectivity index (χ1) is 14.0. The second-order valence-corrected chi connectivity index (χ2v) is 7.15. The number of nitrogens with one attached hydrogen (secondary N) is 2. The number of hydrogen-bond donors (Lipinski definition) is 3. The fourth-order valence-corrected chi connectivity index (χ4v) is 2.94. The zero-order valence-electron chi connectivity index (χ0n) is 17.6. The van der Waals surface area contributed by atoms with E-state index in [-0.39, 0.29) is 30.5 Å². The summed E-state index contributed by atoms with van der Waals surface area (Å²) >= 11 is 0. The van der Waals surface area contributed by atoms with Crippen LogP contribution in [0.1, 0.15) is 30.9 Å². The Hall–Kier alpha value is -2.39. The van der Waals surface area contributed by atoms with E-state index in [0.717, 1.165) is 29.1 Å². The Morgan fingerprint density at radius 1 is 1.13 bits per heavy atom. The van der Waals surface area contributed by atoms with Crippen molar-refractivity contribution in [2.24, 2.45) is 4.99 Å². The van der Waals surface area contributed by atoms with E-state index in [1.807, 2.05) is 56.3 Å². The molecule has 3 aromatic rings. The van der Waals surface area contributed by atoms with Crippen LogP contribution in [0.15, 0.2) is 70.2 Å². The maximum atomic E-state index is 10.7. The predicted octanol–water partition coefficient (Wildman–Crippen LogP) is 4.23. The number of pyridine rings is 1. The summed E-state index contributed by atoms with van der Waals surface area (Å²) in [6.45, 7) is 7.10. The summed E-state index contributed by atoms with van der Waals surface area (Å²) in [6, 6.07) is 17.7. The van der Waals surface area contributed by atoms with Crippen LogP contribution in [0.25, 0.3) is 11.3 Å². The monoisotopic (exact) mass is 520 g/mol. The fraction of sp³-hybridized carbons (Fsp3) is 0.304. The number of aryl methyl sites for hydroxylation is 1. The Balaban J connectivity index is 0.00000320. The molecule has 7 heteroatoms. The number of aliphatic hydroxyl groups is 1. The number of guanidine groups is 1. The van der Waals surface area contributed by atoms with E-state index in [2.05, 4.69) is 26.7 Å². The van der Waals surface area contributed by atoms with Gasteiger partial charge >= 0.3 is 0 Å². The van der Waals surface area contributed by atoms with Crippen molar-refractivity contribution in [1.29, 1.82) is 0 Å². The highest BCUT2D eigenvalue weighted by Crippen LogP contribution is 2.22. The number of furan rings is 1. The third kappa shape index (κ3) is 6.56. The molecule has 0 radical (unpaired) electrons. The molecule has 2 heterocycles. The van der Waals surface area contributed by atoms with Crippen molar-refractivity contribution in [1.82, 2.24) is 15.6 Å². The van der Waals surface area contributed by atoms with Crippen molar-refractivity contribution >= 4 is 29.9 Å². The molecule has 6 nitrogen and oxygen atoms in total. The largest absolute Gasteiger partial charge is 0.463 e. The molecule has 0 bridgehead atoms. The lowest BCUT2D eigenvalue weighted by Gasteiger charge is -2.22. The van der Waals surface area contributed by atoms with Gasteiger partial charge in [0.1, 0.15) is 17.1 Å². The summed E-state index contributed by atoms with van der Waals surface area (Å²) in [6.07, 6.45) is 1.79. The SMILES string of the molecule is CCNC(=NCc1cccc(-c2ccccn2)c1)NCC(C)(O)c1ccc(C)o1.I. The molecule has 0 aliphatic carbocycles. The molecule has 160 valence electrons. The Kier molecular flexibility index (Phi) is 8.86. The van der Waals surface area contributed by atoms with Crippen LogP contribution in [0, 0.1) is 6.92 Å². The maximum Gasteiger partial charge on any atom is 0.191 e. The molecule has 1 atom stereocenters. The van der Waals surface area contributed by atoms with Gasteiger partial charge in [0.25, 0.3) is 0 Å². The van der Waals surface area contributed by atoms with Crippen LogP contribution in [0.5, 0.6) is 0 Å². The summed E-state index contributed by atoms with van der Waals surface area (Å²) in [5, 5.41) is 17.1. The average Bonchev–Trinajstić information content (AvgIpc) is 3.18. The smallest absolute Gasteiger partial charge is 0.191 e. The van der Waals surface area contributed by atoms with Crippen LogP contribution in [0.3, 0.4) is 0 Å². The minimum atomic E-state index is -1.14. The van der Waals surface area contributed by atoms with Crippen LogP contribution in [-0.4, -0.2) is 29.1 Å². The number of rotatable bonds is 7. The van der Waals surface area contributed by atoms with Gasteiger partial charge in [-0.3, -0.25) is 4.98 Å². The maximum absolute atomic E-state index is 10.7. The molecule has 0 fully saturated rings. The highest BCUT2D eigenvalue weighted by atomic mass is 127. The van der Waals surface area contributed by atoms with E-state index in [0.29, 0.717) is 18.3 Å². The van der Waals surface area contributed by atoms with Gasteiger partial charge in [0, 0.05) is 18.3 Å². The highest BCUT2D eigenvalue weighted by molar-refractivity contribution is 14.0. The molecule has 0 saturated heterocycles. The molecule has 0 aliphatic rings. The van der Waals surface area contributed by atoms with Crippen LogP contribution < -0.4 is 10.6 Å². The van der Waals surface area contributed by atoms with E-state index in [4.69, 9.17) is 4.42 Å². The van der Waals surface area contributed by atoms with Gasteiger partial charge in [-0.25, -0.2) is 4.99 Å². The third-order valence-electron chi connectivity index (χ3n) is 4.52. The van der Waals surface area contributed by atoms with Gasteiger partial charge < -0.3 is 20.2 Å². The Labute approximate surface area is 194 Å². The van der Waals surface area contributed by atoms with Crippen molar-refractivity contribution in [3.63, 3.8) is 0 Å². The second-order valence-electron chi connectivity index (χ2n) is 7.15. The second kappa shape index (κ2) is 11.1. The molecular formula is C23H29IN4O2. The summed E-state index contributed by atoms with van der Waals surface area (Å²) in [7, 11) is 0. The van der Waals surface area contributed by atoms with E-state index < -0.39 is 5.60 Å². The van der Waals surface area contributed by atoms with Crippen molar-refractivity contribution < 1.29 is 9.52 Å². The minimum absolute atomic E-state index is 0. The van der Waals surface area contributed by atoms with E-state index in [9.17, 15) is 5.11 Å². The first-order valence-electron chi connectivity index (χ1n) is 9.80.